The molecule has 1 saturated heterocycles. The molecule has 0 spiro atoms. The third-order valence-electron chi connectivity index (χ3n) is 5.32. The summed E-state index contributed by atoms with van der Waals surface area (Å²) in [7, 11) is 0. The maximum atomic E-state index is 12.9. The van der Waals surface area contributed by atoms with Crippen LogP contribution in [0.4, 0.5) is 0 Å². The molecule has 148 valence electrons. The quantitative estimate of drug-likeness (QED) is 0.812. The SMILES string of the molecule is CC(C)(C)Oc1ccc(C(=O)N2CCCN(C(=O)C3CCCC3)CC2)cc1. The van der Waals surface area contributed by atoms with Gasteiger partial charge in [0, 0.05) is 37.7 Å². The molecule has 1 aliphatic carbocycles. The van der Waals surface area contributed by atoms with Crippen LogP contribution in [0.5, 0.6) is 5.75 Å². The highest BCUT2D eigenvalue weighted by molar-refractivity contribution is 5.94. The number of amides is 2. The Bertz CT molecular complexity index is 657. The van der Waals surface area contributed by atoms with Crippen molar-refractivity contribution in [1.29, 1.82) is 0 Å². The minimum atomic E-state index is -0.258. The number of rotatable bonds is 3. The zero-order chi connectivity index (χ0) is 19.4. The Kier molecular flexibility index (Phi) is 6.08. The van der Waals surface area contributed by atoms with Crippen molar-refractivity contribution in [2.75, 3.05) is 26.2 Å². The van der Waals surface area contributed by atoms with E-state index in [1.54, 1.807) is 0 Å². The molecule has 27 heavy (non-hydrogen) atoms. The molecule has 0 bridgehead atoms. The van der Waals surface area contributed by atoms with Crippen LogP contribution in [0.3, 0.4) is 0 Å². The van der Waals surface area contributed by atoms with Crippen LogP contribution in [0.1, 0.15) is 63.2 Å². The van der Waals surface area contributed by atoms with Gasteiger partial charge in [-0.2, -0.15) is 0 Å². The van der Waals surface area contributed by atoms with Gasteiger partial charge in [-0.25, -0.2) is 0 Å². The van der Waals surface area contributed by atoms with Crippen molar-refractivity contribution in [3.8, 4) is 5.75 Å². The van der Waals surface area contributed by atoms with Crippen molar-refractivity contribution in [3.05, 3.63) is 29.8 Å². The average molecular weight is 373 g/mol. The Morgan fingerprint density at radius 3 is 2.11 bits per heavy atom. The largest absolute Gasteiger partial charge is 0.488 e. The van der Waals surface area contributed by atoms with Crippen molar-refractivity contribution in [3.63, 3.8) is 0 Å². The molecule has 1 aromatic rings. The summed E-state index contributed by atoms with van der Waals surface area (Å²) in [6.45, 7) is 8.72. The minimum absolute atomic E-state index is 0.0347. The van der Waals surface area contributed by atoms with E-state index in [9.17, 15) is 9.59 Å². The van der Waals surface area contributed by atoms with Gasteiger partial charge in [-0.1, -0.05) is 12.8 Å². The highest BCUT2D eigenvalue weighted by Gasteiger charge is 2.29. The summed E-state index contributed by atoms with van der Waals surface area (Å²) in [5, 5.41) is 0. The van der Waals surface area contributed by atoms with Crippen LogP contribution in [-0.2, 0) is 4.79 Å². The van der Waals surface area contributed by atoms with Crippen LogP contribution in [0, 0.1) is 5.92 Å². The summed E-state index contributed by atoms with van der Waals surface area (Å²) in [5.41, 5.74) is 0.415. The number of hydrogen-bond donors (Lipinski definition) is 0. The number of nitrogens with zero attached hydrogens (tertiary/aromatic N) is 2. The van der Waals surface area contributed by atoms with Crippen molar-refractivity contribution in [2.24, 2.45) is 5.92 Å². The molecule has 0 aromatic heterocycles. The number of ether oxygens (including phenoxy) is 1. The third-order valence-corrected chi connectivity index (χ3v) is 5.32. The zero-order valence-corrected chi connectivity index (χ0v) is 16.9. The van der Waals surface area contributed by atoms with Crippen molar-refractivity contribution < 1.29 is 14.3 Å². The number of benzene rings is 1. The van der Waals surface area contributed by atoms with Gasteiger partial charge in [-0.3, -0.25) is 9.59 Å². The van der Waals surface area contributed by atoms with E-state index in [1.165, 1.54) is 12.8 Å². The summed E-state index contributed by atoms with van der Waals surface area (Å²) in [6.07, 6.45) is 5.24. The maximum absolute atomic E-state index is 12.9. The second-order valence-electron chi connectivity index (χ2n) is 8.69. The summed E-state index contributed by atoms with van der Waals surface area (Å²) in [6, 6.07) is 7.37. The zero-order valence-electron chi connectivity index (χ0n) is 16.9. The van der Waals surface area contributed by atoms with Gasteiger partial charge in [0.05, 0.1) is 0 Å². The normalized spacial score (nSPS) is 19.1. The van der Waals surface area contributed by atoms with Crippen LogP contribution < -0.4 is 4.74 Å². The molecule has 0 N–H and O–H groups in total. The topological polar surface area (TPSA) is 49.9 Å². The first-order valence-electron chi connectivity index (χ1n) is 10.2. The second kappa shape index (κ2) is 8.32. The summed E-state index contributed by atoms with van der Waals surface area (Å²) < 4.78 is 5.82. The molecule has 0 radical (unpaired) electrons. The van der Waals surface area contributed by atoms with Crippen molar-refractivity contribution in [1.82, 2.24) is 9.80 Å². The van der Waals surface area contributed by atoms with Gasteiger partial charge in [0.1, 0.15) is 11.4 Å². The molecule has 0 atom stereocenters. The lowest BCUT2D eigenvalue weighted by atomic mass is 10.1. The highest BCUT2D eigenvalue weighted by atomic mass is 16.5. The van der Waals surface area contributed by atoms with Crippen LogP contribution in [-0.4, -0.2) is 53.4 Å². The summed E-state index contributed by atoms with van der Waals surface area (Å²) >= 11 is 0. The standard InChI is InChI=1S/C22H32N2O3/c1-22(2,3)27-19-11-9-18(10-12-19)21(26)24-14-6-13-23(15-16-24)20(25)17-7-4-5-8-17/h9-12,17H,4-8,13-16H2,1-3H3. The molecular formula is C22H32N2O3. The van der Waals surface area contributed by atoms with Crippen molar-refractivity contribution >= 4 is 11.8 Å². The molecule has 5 nitrogen and oxygen atoms in total. The molecular weight excluding hydrogens is 340 g/mol. The first kappa shape index (κ1) is 19.7. The molecule has 1 aromatic carbocycles. The molecule has 0 unspecified atom stereocenters. The first-order valence-corrected chi connectivity index (χ1v) is 10.2. The molecule has 1 heterocycles. The Balaban J connectivity index is 1.58. The minimum Gasteiger partial charge on any atom is -0.488 e. The van der Waals surface area contributed by atoms with E-state index in [1.807, 2.05) is 54.8 Å². The highest BCUT2D eigenvalue weighted by Crippen LogP contribution is 2.27. The molecule has 3 rings (SSSR count). The van der Waals surface area contributed by atoms with E-state index in [2.05, 4.69) is 0 Å². The Morgan fingerprint density at radius 1 is 0.889 bits per heavy atom. The van der Waals surface area contributed by atoms with E-state index in [4.69, 9.17) is 4.74 Å². The second-order valence-corrected chi connectivity index (χ2v) is 8.69. The Morgan fingerprint density at radius 2 is 1.48 bits per heavy atom. The van der Waals surface area contributed by atoms with Gasteiger partial charge < -0.3 is 14.5 Å². The number of carbonyl (C=O) groups is 2. The Hall–Kier alpha value is -2.04. The number of carbonyl (C=O) groups excluding carboxylic acids is 2. The fraction of sp³-hybridized carbons (Fsp3) is 0.636. The molecule has 2 aliphatic rings. The van der Waals surface area contributed by atoms with E-state index in [0.29, 0.717) is 31.1 Å². The van der Waals surface area contributed by atoms with Crippen LogP contribution in [0.2, 0.25) is 0 Å². The molecule has 5 heteroatoms. The van der Waals surface area contributed by atoms with Gasteiger partial charge in [0.15, 0.2) is 0 Å². The van der Waals surface area contributed by atoms with Gasteiger partial charge in [-0.15, -0.1) is 0 Å². The average Bonchev–Trinajstić information content (AvgIpc) is 3.04. The first-order chi connectivity index (χ1) is 12.8. The monoisotopic (exact) mass is 372 g/mol. The van der Waals surface area contributed by atoms with E-state index >= 15 is 0 Å². The lowest BCUT2D eigenvalue weighted by Crippen LogP contribution is -2.39. The van der Waals surface area contributed by atoms with Crippen LogP contribution in [0.15, 0.2) is 24.3 Å². The maximum Gasteiger partial charge on any atom is 0.253 e. The molecule has 1 aliphatic heterocycles. The predicted molar refractivity (Wildman–Crippen MR) is 106 cm³/mol. The predicted octanol–water partition coefficient (Wildman–Crippen LogP) is 3.73. The van der Waals surface area contributed by atoms with Crippen LogP contribution in [0.25, 0.3) is 0 Å². The van der Waals surface area contributed by atoms with Crippen molar-refractivity contribution in [2.45, 2.75) is 58.5 Å². The van der Waals surface area contributed by atoms with E-state index in [0.717, 1.165) is 31.6 Å². The molecule has 2 fully saturated rings. The summed E-state index contributed by atoms with van der Waals surface area (Å²) in [4.78, 5) is 29.4. The lowest BCUT2D eigenvalue weighted by Gasteiger charge is -2.25. The molecule has 1 saturated carbocycles. The number of hydrogen-bond acceptors (Lipinski definition) is 3. The van der Waals surface area contributed by atoms with Gasteiger partial charge >= 0.3 is 0 Å². The van der Waals surface area contributed by atoms with Gasteiger partial charge in [0.25, 0.3) is 5.91 Å². The van der Waals surface area contributed by atoms with Gasteiger partial charge in [-0.05, 0) is 64.3 Å². The fourth-order valence-corrected chi connectivity index (χ4v) is 3.97. The smallest absolute Gasteiger partial charge is 0.253 e. The van der Waals surface area contributed by atoms with E-state index < -0.39 is 0 Å². The lowest BCUT2D eigenvalue weighted by molar-refractivity contribution is -0.135. The summed E-state index contributed by atoms with van der Waals surface area (Å²) in [5.74, 6) is 1.31. The fourth-order valence-electron chi connectivity index (χ4n) is 3.97. The van der Waals surface area contributed by atoms with Gasteiger partial charge in [0.2, 0.25) is 5.91 Å². The van der Waals surface area contributed by atoms with Crippen LogP contribution >= 0.6 is 0 Å². The third kappa shape index (κ3) is 5.24. The van der Waals surface area contributed by atoms with E-state index in [-0.39, 0.29) is 17.4 Å². The molecule has 2 amide bonds. The Labute approximate surface area is 162 Å².